The number of benzene rings is 2. The van der Waals surface area contributed by atoms with E-state index in [0.29, 0.717) is 28.3 Å². The molecule has 3 rings (SSSR count). The summed E-state index contributed by atoms with van der Waals surface area (Å²) < 4.78 is 6.78. The number of nitrogens with zero attached hydrogens (tertiary/aromatic N) is 2. The average Bonchev–Trinajstić information content (AvgIpc) is 2.98. The molecule has 1 aliphatic heterocycles. The molecule has 0 saturated carbocycles. The second-order valence-corrected chi connectivity index (χ2v) is 8.34. The van der Waals surface area contributed by atoms with Crippen LogP contribution in [0.1, 0.15) is 36.5 Å². The van der Waals surface area contributed by atoms with Gasteiger partial charge in [-0.1, -0.05) is 47.5 Å². The average molecular weight is 471 g/mol. The Kier molecular flexibility index (Phi) is 7.13. The largest absolute Gasteiger partial charge is 0.488 e. The van der Waals surface area contributed by atoms with Crippen molar-refractivity contribution in [1.82, 2.24) is 4.90 Å². The molecule has 2 amide bonds. The first kappa shape index (κ1) is 21.2. The van der Waals surface area contributed by atoms with Crippen LogP contribution in [0.3, 0.4) is 0 Å². The van der Waals surface area contributed by atoms with Crippen LogP contribution in [0.15, 0.2) is 51.8 Å². The Balaban J connectivity index is 1.84. The first-order valence-corrected chi connectivity index (χ1v) is 10.8. The maximum atomic E-state index is 12.6. The van der Waals surface area contributed by atoms with E-state index in [-0.39, 0.29) is 17.8 Å². The number of hydrogen-bond donors (Lipinski definition) is 0. The Bertz CT molecular complexity index is 1010. The van der Waals surface area contributed by atoms with Crippen molar-refractivity contribution >= 4 is 44.9 Å². The van der Waals surface area contributed by atoms with Crippen LogP contribution in [0.25, 0.3) is 6.08 Å². The second kappa shape index (κ2) is 9.77. The van der Waals surface area contributed by atoms with Gasteiger partial charge in [-0.05, 0) is 48.5 Å². The highest BCUT2D eigenvalue weighted by Gasteiger charge is 2.34. The van der Waals surface area contributed by atoms with E-state index >= 15 is 0 Å². The molecule has 7 heteroatoms. The van der Waals surface area contributed by atoms with E-state index < -0.39 is 0 Å². The fourth-order valence-electron chi connectivity index (χ4n) is 2.82. The molecular weight excluding hydrogens is 452 g/mol. The Morgan fingerprint density at radius 2 is 2.03 bits per heavy atom. The van der Waals surface area contributed by atoms with Crippen molar-refractivity contribution in [2.45, 2.75) is 26.4 Å². The number of rotatable bonds is 7. The predicted octanol–water partition coefficient (Wildman–Crippen LogP) is 5.74. The fourth-order valence-corrected chi connectivity index (χ4v) is 4.06. The number of unbranched alkanes of at least 4 members (excludes halogenated alkanes) is 1. The van der Waals surface area contributed by atoms with E-state index in [4.69, 9.17) is 4.74 Å². The van der Waals surface area contributed by atoms with Gasteiger partial charge in [0.2, 0.25) is 0 Å². The van der Waals surface area contributed by atoms with Gasteiger partial charge < -0.3 is 4.74 Å². The lowest BCUT2D eigenvalue weighted by Crippen LogP contribution is -2.29. The van der Waals surface area contributed by atoms with Gasteiger partial charge in [0.15, 0.2) is 0 Å². The van der Waals surface area contributed by atoms with Crippen LogP contribution in [-0.2, 0) is 11.4 Å². The van der Waals surface area contributed by atoms with Gasteiger partial charge in [0.05, 0.1) is 16.5 Å². The Morgan fingerprint density at radius 1 is 1.24 bits per heavy atom. The van der Waals surface area contributed by atoms with E-state index in [2.05, 4.69) is 22.0 Å². The van der Waals surface area contributed by atoms with Gasteiger partial charge in [0.25, 0.3) is 11.1 Å². The van der Waals surface area contributed by atoms with Crippen molar-refractivity contribution < 1.29 is 14.3 Å². The number of hydrogen-bond acceptors (Lipinski definition) is 5. The van der Waals surface area contributed by atoms with Crippen molar-refractivity contribution in [3.05, 3.63) is 68.5 Å². The summed E-state index contributed by atoms with van der Waals surface area (Å²) in [7, 11) is 0. The fraction of sp³-hybridized carbons (Fsp3) is 0.227. The standard InChI is InChI=1S/C22H19BrN2O3S/c1-2-3-10-25-21(26)20(29-22(25)27)12-17-11-18(23)8-9-19(17)28-14-16-7-5-4-6-15(16)13-24/h4-9,11-12H,2-3,10,14H2,1H3/b20-12-. The molecule has 0 spiro atoms. The molecule has 148 valence electrons. The quantitative estimate of drug-likeness (QED) is 0.482. The molecule has 29 heavy (non-hydrogen) atoms. The number of imide groups is 1. The third kappa shape index (κ3) is 5.08. The van der Waals surface area contributed by atoms with E-state index in [0.717, 1.165) is 34.6 Å². The lowest BCUT2D eigenvalue weighted by molar-refractivity contribution is -0.122. The van der Waals surface area contributed by atoms with Gasteiger partial charge in [-0.15, -0.1) is 0 Å². The summed E-state index contributed by atoms with van der Waals surface area (Å²) in [4.78, 5) is 26.5. The molecular formula is C22H19BrN2O3S. The molecule has 0 aromatic heterocycles. The van der Waals surface area contributed by atoms with E-state index in [1.54, 1.807) is 18.2 Å². The van der Waals surface area contributed by atoms with Gasteiger partial charge in [-0.3, -0.25) is 14.5 Å². The predicted molar refractivity (Wildman–Crippen MR) is 117 cm³/mol. The number of nitriles is 1. The summed E-state index contributed by atoms with van der Waals surface area (Å²) in [6.45, 7) is 2.68. The zero-order valence-electron chi connectivity index (χ0n) is 15.9. The van der Waals surface area contributed by atoms with Crippen molar-refractivity contribution in [3.63, 3.8) is 0 Å². The number of thioether (sulfide) groups is 1. The van der Waals surface area contributed by atoms with Crippen LogP contribution in [0.2, 0.25) is 0 Å². The van der Waals surface area contributed by atoms with Crippen molar-refractivity contribution in [2.24, 2.45) is 0 Å². The second-order valence-electron chi connectivity index (χ2n) is 6.43. The summed E-state index contributed by atoms with van der Waals surface area (Å²) in [6.07, 6.45) is 3.39. The molecule has 0 aliphatic carbocycles. The number of halogens is 1. The highest BCUT2D eigenvalue weighted by atomic mass is 79.9. The molecule has 2 aromatic carbocycles. The molecule has 0 radical (unpaired) electrons. The molecule has 1 aliphatic rings. The molecule has 1 fully saturated rings. The molecule has 1 saturated heterocycles. The lowest BCUT2D eigenvalue weighted by atomic mass is 10.1. The SMILES string of the molecule is CCCCN1C(=O)S/C(=C\c2cc(Br)ccc2OCc2ccccc2C#N)C1=O. The van der Waals surface area contributed by atoms with Crippen LogP contribution in [0, 0.1) is 11.3 Å². The van der Waals surface area contributed by atoms with Crippen molar-refractivity contribution in [1.29, 1.82) is 5.26 Å². The minimum absolute atomic E-state index is 0.226. The maximum Gasteiger partial charge on any atom is 0.293 e. The smallest absolute Gasteiger partial charge is 0.293 e. The van der Waals surface area contributed by atoms with Crippen LogP contribution in [0.4, 0.5) is 4.79 Å². The molecule has 5 nitrogen and oxygen atoms in total. The maximum absolute atomic E-state index is 12.6. The van der Waals surface area contributed by atoms with E-state index in [1.807, 2.05) is 37.3 Å². The Morgan fingerprint density at radius 3 is 2.79 bits per heavy atom. The molecule has 0 atom stereocenters. The van der Waals surface area contributed by atoms with E-state index in [9.17, 15) is 14.9 Å². The molecule has 0 unspecified atom stereocenters. The molecule has 1 heterocycles. The van der Waals surface area contributed by atoms with Crippen molar-refractivity contribution in [2.75, 3.05) is 6.54 Å². The van der Waals surface area contributed by atoms with Gasteiger partial charge >= 0.3 is 0 Å². The summed E-state index contributed by atoms with van der Waals surface area (Å²) in [5, 5.41) is 9.00. The van der Waals surface area contributed by atoms with Crippen LogP contribution in [-0.4, -0.2) is 22.6 Å². The normalized spacial score (nSPS) is 15.1. The monoisotopic (exact) mass is 470 g/mol. The summed E-state index contributed by atoms with van der Waals surface area (Å²) >= 11 is 4.39. The highest BCUT2D eigenvalue weighted by Crippen LogP contribution is 2.35. The van der Waals surface area contributed by atoms with Gasteiger partial charge in [-0.2, -0.15) is 5.26 Å². The Hall–Kier alpha value is -2.56. The van der Waals surface area contributed by atoms with Gasteiger partial charge in [-0.25, -0.2) is 0 Å². The lowest BCUT2D eigenvalue weighted by Gasteiger charge is -2.12. The minimum Gasteiger partial charge on any atom is -0.488 e. The van der Waals surface area contributed by atoms with Crippen LogP contribution in [0.5, 0.6) is 5.75 Å². The third-order valence-electron chi connectivity index (χ3n) is 4.39. The molecule has 2 aromatic rings. The van der Waals surface area contributed by atoms with Crippen molar-refractivity contribution in [3.8, 4) is 11.8 Å². The summed E-state index contributed by atoms with van der Waals surface area (Å²) in [5.41, 5.74) is 2.03. The summed E-state index contributed by atoms with van der Waals surface area (Å²) in [6, 6.07) is 14.9. The number of amides is 2. The first-order valence-electron chi connectivity index (χ1n) is 9.19. The first-order chi connectivity index (χ1) is 14.0. The zero-order chi connectivity index (χ0) is 20.8. The summed E-state index contributed by atoms with van der Waals surface area (Å²) in [5.74, 6) is 0.301. The molecule has 0 N–H and O–H groups in total. The number of carbonyl (C=O) groups excluding carboxylic acids is 2. The van der Waals surface area contributed by atoms with Crippen LogP contribution >= 0.6 is 27.7 Å². The van der Waals surface area contributed by atoms with Gasteiger partial charge in [0.1, 0.15) is 12.4 Å². The van der Waals surface area contributed by atoms with Gasteiger partial charge in [0, 0.05) is 22.1 Å². The van der Waals surface area contributed by atoms with E-state index in [1.165, 1.54) is 4.90 Å². The zero-order valence-corrected chi connectivity index (χ0v) is 18.3. The molecule has 0 bridgehead atoms. The minimum atomic E-state index is -0.269. The Labute approximate surface area is 182 Å². The topological polar surface area (TPSA) is 70.4 Å². The highest BCUT2D eigenvalue weighted by molar-refractivity contribution is 9.10. The number of carbonyl (C=O) groups is 2. The van der Waals surface area contributed by atoms with Crippen LogP contribution < -0.4 is 4.74 Å². The number of ether oxygens (including phenoxy) is 1. The third-order valence-corrected chi connectivity index (χ3v) is 5.79.